The zero-order chi connectivity index (χ0) is 12.3. The fourth-order valence-electron chi connectivity index (χ4n) is 2.38. The van der Waals surface area contributed by atoms with Crippen molar-refractivity contribution < 1.29 is 4.74 Å². The van der Waals surface area contributed by atoms with E-state index >= 15 is 0 Å². The van der Waals surface area contributed by atoms with Crippen LogP contribution in [0, 0.1) is 5.92 Å². The fraction of sp³-hybridized carbons (Fsp3) is 0.600. The van der Waals surface area contributed by atoms with Gasteiger partial charge in [-0.1, -0.05) is 32.4 Å². The molecule has 0 spiro atoms. The first-order chi connectivity index (χ1) is 8.16. The van der Waals surface area contributed by atoms with Crippen LogP contribution in [-0.2, 0) is 5.41 Å². The number of rotatable bonds is 5. The maximum absolute atomic E-state index is 5.91. The summed E-state index contributed by atoms with van der Waals surface area (Å²) in [5, 5.41) is 0. The van der Waals surface area contributed by atoms with Crippen molar-refractivity contribution in [2.45, 2.75) is 38.5 Å². The Kier molecular flexibility index (Phi) is 3.72. The molecule has 0 unspecified atom stereocenters. The molecule has 1 saturated carbocycles. The highest BCUT2D eigenvalue weighted by atomic mass is 16.5. The van der Waals surface area contributed by atoms with E-state index in [1.165, 1.54) is 24.8 Å². The van der Waals surface area contributed by atoms with Gasteiger partial charge in [0.05, 0.1) is 6.61 Å². The molecule has 2 N–H and O–H groups in total. The summed E-state index contributed by atoms with van der Waals surface area (Å²) in [7, 11) is 0. The molecule has 0 radical (unpaired) electrons. The summed E-state index contributed by atoms with van der Waals surface area (Å²) in [4.78, 5) is 0. The lowest BCUT2D eigenvalue weighted by molar-refractivity contribution is 0.251. The van der Waals surface area contributed by atoms with Crippen molar-refractivity contribution >= 4 is 0 Å². The minimum atomic E-state index is 0.260. The summed E-state index contributed by atoms with van der Waals surface area (Å²) < 4.78 is 5.69. The second-order valence-electron chi connectivity index (χ2n) is 5.57. The van der Waals surface area contributed by atoms with E-state index in [4.69, 9.17) is 10.5 Å². The third kappa shape index (κ3) is 2.63. The molecule has 1 fully saturated rings. The number of hydrogen-bond acceptors (Lipinski definition) is 2. The second kappa shape index (κ2) is 5.09. The van der Waals surface area contributed by atoms with E-state index in [1.54, 1.807) is 0 Å². The maximum atomic E-state index is 5.91. The predicted octanol–water partition coefficient (Wildman–Crippen LogP) is 3.10. The van der Waals surface area contributed by atoms with E-state index in [1.807, 2.05) is 0 Å². The van der Waals surface area contributed by atoms with Crippen molar-refractivity contribution in [3.63, 3.8) is 0 Å². The molecule has 0 aromatic heterocycles. The first kappa shape index (κ1) is 12.4. The van der Waals surface area contributed by atoms with Crippen LogP contribution in [0.3, 0.4) is 0 Å². The van der Waals surface area contributed by atoms with Gasteiger partial charge in [0.15, 0.2) is 0 Å². The lowest BCUT2D eigenvalue weighted by Gasteiger charge is -2.41. The lowest BCUT2D eigenvalue weighted by atomic mass is 9.64. The third-order valence-electron chi connectivity index (χ3n) is 3.75. The van der Waals surface area contributed by atoms with Crippen LogP contribution < -0.4 is 10.5 Å². The first-order valence-electron chi connectivity index (χ1n) is 6.60. The Morgan fingerprint density at radius 2 is 1.88 bits per heavy atom. The zero-order valence-electron chi connectivity index (χ0n) is 10.9. The van der Waals surface area contributed by atoms with E-state index in [2.05, 4.69) is 38.1 Å². The molecule has 17 heavy (non-hydrogen) atoms. The van der Waals surface area contributed by atoms with E-state index in [9.17, 15) is 0 Å². The van der Waals surface area contributed by atoms with Crippen molar-refractivity contribution in [3.05, 3.63) is 29.8 Å². The van der Waals surface area contributed by atoms with Crippen molar-refractivity contribution in [3.8, 4) is 5.75 Å². The van der Waals surface area contributed by atoms with Gasteiger partial charge in [-0.15, -0.1) is 0 Å². The molecule has 0 heterocycles. The predicted molar refractivity (Wildman–Crippen MR) is 71.4 cm³/mol. The normalized spacial score (nSPS) is 17.9. The van der Waals surface area contributed by atoms with Gasteiger partial charge in [-0.25, -0.2) is 0 Å². The molecule has 0 bridgehead atoms. The second-order valence-corrected chi connectivity index (χ2v) is 5.57. The minimum absolute atomic E-state index is 0.260. The summed E-state index contributed by atoms with van der Waals surface area (Å²) in [6.07, 6.45) is 3.77. The van der Waals surface area contributed by atoms with E-state index in [-0.39, 0.29) is 5.41 Å². The summed E-state index contributed by atoms with van der Waals surface area (Å²) in [5.74, 6) is 1.53. The van der Waals surface area contributed by atoms with E-state index in [0.29, 0.717) is 5.92 Å². The molecule has 1 aliphatic carbocycles. The van der Waals surface area contributed by atoms with Gasteiger partial charge in [0.25, 0.3) is 0 Å². The van der Waals surface area contributed by atoms with Gasteiger partial charge in [-0.2, -0.15) is 0 Å². The van der Waals surface area contributed by atoms with Gasteiger partial charge in [0.2, 0.25) is 0 Å². The molecule has 1 aromatic carbocycles. The van der Waals surface area contributed by atoms with Crippen molar-refractivity contribution in [1.82, 2.24) is 0 Å². The van der Waals surface area contributed by atoms with Gasteiger partial charge in [0, 0.05) is 12.0 Å². The van der Waals surface area contributed by atoms with Crippen molar-refractivity contribution in [2.24, 2.45) is 11.7 Å². The zero-order valence-corrected chi connectivity index (χ0v) is 10.9. The summed E-state index contributed by atoms with van der Waals surface area (Å²) in [5.41, 5.74) is 7.54. The standard InChI is InChI=1S/C15H23NO/c1-12(2)10-17-14-6-4-13(5-7-14)15(11-16)8-3-9-15/h4-7,12H,3,8-11,16H2,1-2H3. The van der Waals surface area contributed by atoms with Crippen LogP contribution in [-0.4, -0.2) is 13.2 Å². The Bertz CT molecular complexity index is 346. The Morgan fingerprint density at radius 1 is 1.24 bits per heavy atom. The van der Waals surface area contributed by atoms with Crippen LogP contribution >= 0.6 is 0 Å². The molecule has 1 aliphatic rings. The van der Waals surface area contributed by atoms with Crippen LogP contribution in [0.5, 0.6) is 5.75 Å². The van der Waals surface area contributed by atoms with Crippen LogP contribution in [0.15, 0.2) is 24.3 Å². The molecule has 94 valence electrons. The van der Waals surface area contributed by atoms with Gasteiger partial charge >= 0.3 is 0 Å². The van der Waals surface area contributed by atoms with Crippen LogP contribution in [0.1, 0.15) is 38.7 Å². The molecule has 2 nitrogen and oxygen atoms in total. The number of hydrogen-bond donors (Lipinski definition) is 1. The highest BCUT2D eigenvalue weighted by Gasteiger charge is 2.36. The largest absolute Gasteiger partial charge is 0.493 e. The Labute approximate surface area is 104 Å². The van der Waals surface area contributed by atoms with E-state index in [0.717, 1.165) is 18.9 Å². The van der Waals surface area contributed by atoms with Gasteiger partial charge in [0.1, 0.15) is 5.75 Å². The molecule has 0 aliphatic heterocycles. The molecular formula is C15H23NO. The lowest BCUT2D eigenvalue weighted by Crippen LogP contribution is -2.41. The molecule has 2 heteroatoms. The van der Waals surface area contributed by atoms with Crippen molar-refractivity contribution in [1.29, 1.82) is 0 Å². The van der Waals surface area contributed by atoms with Gasteiger partial charge in [-0.3, -0.25) is 0 Å². The third-order valence-corrected chi connectivity index (χ3v) is 3.75. The maximum Gasteiger partial charge on any atom is 0.119 e. The van der Waals surface area contributed by atoms with Crippen molar-refractivity contribution in [2.75, 3.05) is 13.2 Å². The molecular weight excluding hydrogens is 210 g/mol. The monoisotopic (exact) mass is 233 g/mol. The average Bonchev–Trinajstić information content (AvgIpc) is 2.27. The summed E-state index contributed by atoms with van der Waals surface area (Å²) in [6, 6.07) is 8.52. The molecule has 0 saturated heterocycles. The minimum Gasteiger partial charge on any atom is -0.493 e. The number of ether oxygens (including phenoxy) is 1. The quantitative estimate of drug-likeness (QED) is 0.848. The Hall–Kier alpha value is -1.02. The highest BCUT2D eigenvalue weighted by molar-refractivity contribution is 5.34. The molecule has 1 aromatic rings. The summed E-state index contributed by atoms with van der Waals surface area (Å²) >= 11 is 0. The SMILES string of the molecule is CC(C)COc1ccc(C2(CN)CCC2)cc1. The first-order valence-corrected chi connectivity index (χ1v) is 6.60. The Balaban J connectivity index is 2.02. The van der Waals surface area contributed by atoms with E-state index < -0.39 is 0 Å². The average molecular weight is 233 g/mol. The fourth-order valence-corrected chi connectivity index (χ4v) is 2.38. The molecule has 0 amide bonds. The highest BCUT2D eigenvalue weighted by Crippen LogP contribution is 2.43. The van der Waals surface area contributed by atoms with Crippen LogP contribution in [0.25, 0.3) is 0 Å². The van der Waals surface area contributed by atoms with Crippen LogP contribution in [0.4, 0.5) is 0 Å². The number of nitrogens with two attached hydrogens (primary N) is 1. The molecule has 0 atom stereocenters. The number of benzene rings is 1. The summed E-state index contributed by atoms with van der Waals surface area (Å²) in [6.45, 7) is 5.86. The van der Waals surface area contributed by atoms with Gasteiger partial charge < -0.3 is 10.5 Å². The van der Waals surface area contributed by atoms with Gasteiger partial charge in [-0.05, 0) is 36.5 Å². The van der Waals surface area contributed by atoms with Crippen LogP contribution in [0.2, 0.25) is 0 Å². The smallest absolute Gasteiger partial charge is 0.119 e. The molecule has 2 rings (SSSR count). The Morgan fingerprint density at radius 3 is 2.29 bits per heavy atom. The topological polar surface area (TPSA) is 35.2 Å².